The fourth-order valence-corrected chi connectivity index (χ4v) is 1.50. The van der Waals surface area contributed by atoms with Gasteiger partial charge in [0.2, 0.25) is 0 Å². The largest absolute Gasteiger partial charge is 0.361 e. The second-order valence-corrected chi connectivity index (χ2v) is 3.36. The van der Waals surface area contributed by atoms with Gasteiger partial charge in [0.15, 0.2) is 6.17 Å². The second kappa shape index (κ2) is 2.16. The molecule has 6 heteroatoms. The zero-order chi connectivity index (χ0) is 8.77. The number of hydrogen-bond acceptors (Lipinski definition) is 4. The Morgan fingerprint density at radius 3 is 3.25 bits per heavy atom. The van der Waals surface area contributed by atoms with Crippen LogP contribution in [0.2, 0.25) is 0 Å². The third-order valence-corrected chi connectivity index (χ3v) is 2.63. The lowest BCUT2D eigenvalue weighted by atomic mass is 9.98. The van der Waals surface area contributed by atoms with E-state index in [1.807, 2.05) is 6.92 Å². The van der Waals surface area contributed by atoms with Crippen LogP contribution in [-0.4, -0.2) is 29.1 Å². The Kier molecular flexibility index (Phi) is 1.35. The highest BCUT2D eigenvalue weighted by atomic mass is 32.1. The molecule has 2 unspecified atom stereocenters. The summed E-state index contributed by atoms with van der Waals surface area (Å²) < 4.78 is 0. The van der Waals surface area contributed by atoms with E-state index < -0.39 is 5.54 Å². The van der Waals surface area contributed by atoms with E-state index in [4.69, 9.17) is 12.2 Å². The minimum atomic E-state index is -0.455. The van der Waals surface area contributed by atoms with E-state index in [2.05, 4.69) is 20.9 Å². The van der Waals surface area contributed by atoms with Gasteiger partial charge in [0, 0.05) is 0 Å². The number of nitrogens with zero attached hydrogens (tertiary/aromatic N) is 1. The number of fused-ring (bicyclic) bond motifs is 1. The fourth-order valence-electron chi connectivity index (χ4n) is 1.24. The Bertz CT molecular complexity index is 289. The fraction of sp³-hybridized carbons (Fsp3) is 0.500. The van der Waals surface area contributed by atoms with Gasteiger partial charge in [-0.3, -0.25) is 0 Å². The minimum Gasteiger partial charge on any atom is -0.361 e. The van der Waals surface area contributed by atoms with E-state index in [0.717, 1.165) is 0 Å². The summed E-state index contributed by atoms with van der Waals surface area (Å²) >= 11 is 5.02. The van der Waals surface area contributed by atoms with Crippen LogP contribution in [0, 0.1) is 0 Å². The standard InChI is InChI=1S/C6H8N4OS/c1-6-3(7-2-8-6)9-5(11)10-4(6)12/h2-3H,1H3,(H,7,8)(H2,9,10,11,12). The molecule has 0 aliphatic carbocycles. The Balaban J connectivity index is 2.32. The second-order valence-electron chi connectivity index (χ2n) is 2.95. The predicted octanol–water partition coefficient (Wildman–Crippen LogP) is -0.657. The molecule has 2 amide bonds. The first-order valence-electron chi connectivity index (χ1n) is 3.54. The summed E-state index contributed by atoms with van der Waals surface area (Å²) in [5.74, 6) is 0. The van der Waals surface area contributed by atoms with Crippen molar-refractivity contribution in [3.05, 3.63) is 0 Å². The molecule has 1 saturated heterocycles. The molecule has 2 rings (SSSR count). The van der Waals surface area contributed by atoms with E-state index in [1.165, 1.54) is 0 Å². The normalized spacial score (nSPS) is 38.2. The molecule has 12 heavy (non-hydrogen) atoms. The van der Waals surface area contributed by atoms with Gasteiger partial charge in [-0.1, -0.05) is 12.2 Å². The van der Waals surface area contributed by atoms with Gasteiger partial charge in [0.1, 0.15) is 10.5 Å². The van der Waals surface area contributed by atoms with Gasteiger partial charge in [-0.05, 0) is 6.92 Å². The molecule has 2 aliphatic heterocycles. The van der Waals surface area contributed by atoms with Crippen molar-refractivity contribution in [1.82, 2.24) is 16.0 Å². The van der Waals surface area contributed by atoms with Crippen LogP contribution in [0.5, 0.6) is 0 Å². The van der Waals surface area contributed by atoms with E-state index >= 15 is 0 Å². The number of aliphatic imine (C=N–C) groups is 1. The number of carbonyl (C=O) groups is 1. The number of thiocarbonyl (C=S) groups is 1. The Hall–Kier alpha value is -1.17. The van der Waals surface area contributed by atoms with Crippen molar-refractivity contribution in [2.75, 3.05) is 0 Å². The summed E-state index contributed by atoms with van der Waals surface area (Å²) in [7, 11) is 0. The van der Waals surface area contributed by atoms with Crippen LogP contribution in [-0.2, 0) is 0 Å². The molecule has 0 spiro atoms. The molecule has 3 N–H and O–H groups in total. The first-order valence-corrected chi connectivity index (χ1v) is 3.95. The summed E-state index contributed by atoms with van der Waals surface area (Å²) in [6, 6.07) is -0.289. The van der Waals surface area contributed by atoms with Crippen molar-refractivity contribution >= 4 is 29.6 Å². The lowest BCUT2D eigenvalue weighted by molar-refractivity contribution is 0.232. The smallest absolute Gasteiger partial charge is 0.321 e. The monoisotopic (exact) mass is 184 g/mol. The number of rotatable bonds is 0. The van der Waals surface area contributed by atoms with Gasteiger partial charge in [0.05, 0.1) is 6.34 Å². The quantitative estimate of drug-likeness (QED) is 0.438. The molecule has 2 aliphatic rings. The van der Waals surface area contributed by atoms with Crippen molar-refractivity contribution in [3.63, 3.8) is 0 Å². The Labute approximate surface area is 74.6 Å². The Morgan fingerprint density at radius 2 is 2.50 bits per heavy atom. The van der Waals surface area contributed by atoms with E-state index in [9.17, 15) is 4.79 Å². The summed E-state index contributed by atoms with van der Waals surface area (Å²) in [5.41, 5.74) is -0.455. The average molecular weight is 184 g/mol. The molecule has 0 aromatic heterocycles. The minimum absolute atomic E-state index is 0.279. The molecule has 64 valence electrons. The van der Waals surface area contributed by atoms with Crippen LogP contribution < -0.4 is 16.0 Å². The zero-order valence-corrected chi connectivity index (χ0v) is 7.23. The first-order chi connectivity index (χ1) is 5.63. The van der Waals surface area contributed by atoms with Gasteiger partial charge in [-0.25, -0.2) is 9.79 Å². The lowest BCUT2D eigenvalue weighted by Gasteiger charge is -2.35. The van der Waals surface area contributed by atoms with Crippen molar-refractivity contribution in [1.29, 1.82) is 0 Å². The average Bonchev–Trinajstić information content (AvgIpc) is 2.33. The molecule has 0 saturated carbocycles. The van der Waals surface area contributed by atoms with Crippen LogP contribution in [0.3, 0.4) is 0 Å². The van der Waals surface area contributed by atoms with Crippen LogP contribution in [0.4, 0.5) is 4.79 Å². The SMILES string of the molecule is CC12NC=NC1NC(=O)NC2=S. The summed E-state index contributed by atoms with van der Waals surface area (Å²) in [6.45, 7) is 1.89. The molecular weight excluding hydrogens is 176 g/mol. The van der Waals surface area contributed by atoms with Gasteiger partial charge < -0.3 is 16.0 Å². The topological polar surface area (TPSA) is 65.5 Å². The van der Waals surface area contributed by atoms with Crippen molar-refractivity contribution < 1.29 is 4.79 Å². The van der Waals surface area contributed by atoms with Crippen LogP contribution >= 0.6 is 12.2 Å². The number of nitrogens with one attached hydrogen (secondary N) is 3. The summed E-state index contributed by atoms with van der Waals surface area (Å²) in [5, 5.41) is 8.18. The molecule has 0 aromatic carbocycles. The Morgan fingerprint density at radius 1 is 1.75 bits per heavy atom. The van der Waals surface area contributed by atoms with Gasteiger partial charge >= 0.3 is 6.03 Å². The maximum atomic E-state index is 10.9. The number of urea groups is 1. The predicted molar refractivity (Wildman–Crippen MR) is 48.1 cm³/mol. The highest BCUT2D eigenvalue weighted by molar-refractivity contribution is 7.80. The van der Waals surface area contributed by atoms with Gasteiger partial charge in [-0.2, -0.15) is 0 Å². The summed E-state index contributed by atoms with van der Waals surface area (Å²) in [4.78, 5) is 15.5. The van der Waals surface area contributed by atoms with Crippen LogP contribution in [0.25, 0.3) is 0 Å². The molecule has 5 nitrogen and oxygen atoms in total. The van der Waals surface area contributed by atoms with Crippen molar-refractivity contribution in [2.45, 2.75) is 18.6 Å². The maximum Gasteiger partial charge on any atom is 0.321 e. The van der Waals surface area contributed by atoms with Gasteiger partial charge in [-0.15, -0.1) is 0 Å². The van der Waals surface area contributed by atoms with E-state index in [-0.39, 0.29) is 12.2 Å². The molecule has 2 heterocycles. The van der Waals surface area contributed by atoms with E-state index in [0.29, 0.717) is 4.99 Å². The molecule has 2 atom stereocenters. The first kappa shape index (κ1) is 7.48. The van der Waals surface area contributed by atoms with Gasteiger partial charge in [0.25, 0.3) is 0 Å². The number of hydrogen-bond donors (Lipinski definition) is 3. The molecule has 0 aromatic rings. The maximum absolute atomic E-state index is 10.9. The van der Waals surface area contributed by atoms with Crippen LogP contribution in [0.1, 0.15) is 6.92 Å². The highest BCUT2D eigenvalue weighted by Crippen LogP contribution is 2.19. The van der Waals surface area contributed by atoms with Crippen LogP contribution in [0.15, 0.2) is 4.99 Å². The lowest BCUT2D eigenvalue weighted by Crippen LogP contribution is -2.69. The third kappa shape index (κ3) is 0.811. The number of amides is 2. The zero-order valence-electron chi connectivity index (χ0n) is 6.42. The molecular formula is C6H8N4OS. The summed E-state index contributed by atoms with van der Waals surface area (Å²) in [6.07, 6.45) is 1.28. The third-order valence-electron chi connectivity index (χ3n) is 2.10. The molecule has 1 fully saturated rings. The molecule has 0 bridgehead atoms. The van der Waals surface area contributed by atoms with E-state index in [1.54, 1.807) is 6.34 Å². The highest BCUT2D eigenvalue weighted by Gasteiger charge is 2.45. The van der Waals surface area contributed by atoms with Crippen molar-refractivity contribution in [3.8, 4) is 0 Å². The number of carbonyl (C=O) groups excluding carboxylic acids is 1. The molecule has 0 radical (unpaired) electrons. The van der Waals surface area contributed by atoms with Crippen molar-refractivity contribution in [2.24, 2.45) is 4.99 Å².